The molecule has 2 rings (SSSR count). The van der Waals surface area contributed by atoms with E-state index in [1.165, 1.54) is 6.07 Å². The van der Waals surface area contributed by atoms with Crippen LogP contribution in [-0.2, 0) is 4.74 Å². The van der Waals surface area contributed by atoms with Gasteiger partial charge in [0.05, 0.1) is 12.7 Å². The minimum atomic E-state index is -0.871. The van der Waals surface area contributed by atoms with Gasteiger partial charge in [-0.15, -0.1) is 0 Å². The van der Waals surface area contributed by atoms with Crippen LogP contribution in [0.3, 0.4) is 0 Å². The highest BCUT2D eigenvalue weighted by atomic mass is 19.1. The molecular weight excluding hydrogens is 223 g/mol. The molecule has 0 saturated heterocycles. The summed E-state index contributed by atoms with van der Waals surface area (Å²) in [7, 11) is 0. The van der Waals surface area contributed by atoms with Crippen molar-refractivity contribution < 1.29 is 18.7 Å². The number of para-hydroxylation sites is 1. The second-order valence-electron chi connectivity index (χ2n) is 4.20. The number of halogens is 1. The first-order chi connectivity index (χ1) is 8.08. The highest BCUT2D eigenvalue weighted by molar-refractivity contribution is 5.78. The van der Waals surface area contributed by atoms with Gasteiger partial charge in [-0.2, -0.15) is 0 Å². The summed E-state index contributed by atoms with van der Waals surface area (Å²) in [6.07, 6.45) is -0.838. The van der Waals surface area contributed by atoms with E-state index < -0.39 is 11.9 Å². The Hall–Kier alpha value is -1.39. The molecule has 0 bridgehead atoms. The Balaban J connectivity index is 2.21. The monoisotopic (exact) mass is 238 g/mol. The van der Waals surface area contributed by atoms with Crippen LogP contribution >= 0.6 is 0 Å². The lowest BCUT2D eigenvalue weighted by Crippen LogP contribution is -2.11. The van der Waals surface area contributed by atoms with Gasteiger partial charge in [0.1, 0.15) is 11.9 Å². The predicted octanol–water partition coefficient (Wildman–Crippen LogP) is 3.03. The number of aliphatic hydroxyl groups is 1. The summed E-state index contributed by atoms with van der Waals surface area (Å²) in [5.41, 5.74) is 0.172. The SMILES string of the molecule is CC(C)OCC(O)c1cc2cccc(F)c2o1. The van der Waals surface area contributed by atoms with Crippen LogP contribution in [0.15, 0.2) is 28.7 Å². The van der Waals surface area contributed by atoms with Crippen molar-refractivity contribution in [1.29, 1.82) is 0 Å². The van der Waals surface area contributed by atoms with Crippen LogP contribution in [0, 0.1) is 5.82 Å². The molecule has 0 saturated carbocycles. The molecule has 92 valence electrons. The number of hydrogen-bond acceptors (Lipinski definition) is 3. The summed E-state index contributed by atoms with van der Waals surface area (Å²) in [5.74, 6) is -0.100. The molecule has 0 aliphatic heterocycles. The summed E-state index contributed by atoms with van der Waals surface area (Å²) < 4.78 is 23.9. The zero-order valence-corrected chi connectivity index (χ0v) is 9.81. The molecule has 0 spiro atoms. The molecule has 3 nitrogen and oxygen atoms in total. The first-order valence-electron chi connectivity index (χ1n) is 5.55. The molecule has 4 heteroatoms. The smallest absolute Gasteiger partial charge is 0.170 e. The molecule has 0 amide bonds. The molecule has 0 aliphatic carbocycles. The van der Waals surface area contributed by atoms with Gasteiger partial charge in [0, 0.05) is 5.39 Å². The fourth-order valence-corrected chi connectivity index (χ4v) is 1.58. The Morgan fingerprint density at radius 1 is 1.41 bits per heavy atom. The van der Waals surface area contributed by atoms with Gasteiger partial charge >= 0.3 is 0 Å². The topological polar surface area (TPSA) is 42.6 Å². The van der Waals surface area contributed by atoms with Crippen LogP contribution in [-0.4, -0.2) is 17.8 Å². The van der Waals surface area contributed by atoms with Crippen molar-refractivity contribution in [3.8, 4) is 0 Å². The Kier molecular flexibility index (Phi) is 3.45. The van der Waals surface area contributed by atoms with E-state index in [0.29, 0.717) is 11.1 Å². The Bertz CT molecular complexity index is 504. The van der Waals surface area contributed by atoms with Gasteiger partial charge < -0.3 is 14.3 Å². The highest BCUT2D eigenvalue weighted by Gasteiger charge is 2.15. The number of benzene rings is 1. The molecular formula is C13H15FO3. The van der Waals surface area contributed by atoms with Crippen molar-refractivity contribution in [3.63, 3.8) is 0 Å². The van der Waals surface area contributed by atoms with E-state index in [2.05, 4.69) is 0 Å². The fraction of sp³-hybridized carbons (Fsp3) is 0.385. The molecule has 1 aromatic carbocycles. The van der Waals surface area contributed by atoms with Crippen molar-refractivity contribution in [2.45, 2.75) is 26.1 Å². The third-order valence-corrected chi connectivity index (χ3v) is 2.43. The van der Waals surface area contributed by atoms with Crippen molar-refractivity contribution >= 4 is 11.0 Å². The van der Waals surface area contributed by atoms with Crippen molar-refractivity contribution in [2.75, 3.05) is 6.61 Å². The van der Waals surface area contributed by atoms with Crippen LogP contribution in [0.1, 0.15) is 25.7 Å². The first-order valence-corrected chi connectivity index (χ1v) is 5.55. The normalized spacial score (nSPS) is 13.5. The molecule has 17 heavy (non-hydrogen) atoms. The zero-order chi connectivity index (χ0) is 12.4. The quantitative estimate of drug-likeness (QED) is 0.890. The summed E-state index contributed by atoms with van der Waals surface area (Å²) >= 11 is 0. The molecule has 1 heterocycles. The maximum absolute atomic E-state index is 13.4. The molecule has 0 fully saturated rings. The maximum atomic E-state index is 13.4. The second-order valence-corrected chi connectivity index (χ2v) is 4.20. The molecule has 1 unspecified atom stereocenters. The summed E-state index contributed by atoms with van der Waals surface area (Å²) in [5, 5.41) is 10.5. The van der Waals surface area contributed by atoms with Crippen molar-refractivity contribution in [2.24, 2.45) is 0 Å². The predicted molar refractivity (Wildman–Crippen MR) is 62.2 cm³/mol. The molecule has 0 aliphatic rings. The van der Waals surface area contributed by atoms with Gasteiger partial charge in [-0.3, -0.25) is 0 Å². The molecule has 0 radical (unpaired) electrons. The number of rotatable bonds is 4. The van der Waals surface area contributed by atoms with Gasteiger partial charge in [-0.05, 0) is 26.0 Å². The van der Waals surface area contributed by atoms with E-state index in [4.69, 9.17) is 9.15 Å². The minimum absolute atomic E-state index is 0.0331. The van der Waals surface area contributed by atoms with Crippen LogP contribution in [0.25, 0.3) is 11.0 Å². The third kappa shape index (κ3) is 2.65. The van der Waals surface area contributed by atoms with Crippen LogP contribution in [0.2, 0.25) is 0 Å². The summed E-state index contributed by atoms with van der Waals surface area (Å²) in [4.78, 5) is 0. The molecule has 1 atom stereocenters. The minimum Gasteiger partial charge on any atom is -0.455 e. The first kappa shape index (κ1) is 12.1. The van der Waals surface area contributed by atoms with Crippen LogP contribution in [0.4, 0.5) is 4.39 Å². The Morgan fingerprint density at radius 2 is 2.18 bits per heavy atom. The van der Waals surface area contributed by atoms with Gasteiger partial charge in [-0.1, -0.05) is 12.1 Å². The van der Waals surface area contributed by atoms with E-state index in [0.717, 1.165) is 0 Å². The number of aliphatic hydroxyl groups excluding tert-OH is 1. The van der Waals surface area contributed by atoms with Gasteiger partial charge in [0.2, 0.25) is 0 Å². The summed E-state index contributed by atoms with van der Waals surface area (Å²) in [6.45, 7) is 3.90. The van der Waals surface area contributed by atoms with E-state index in [-0.39, 0.29) is 18.3 Å². The second kappa shape index (κ2) is 4.85. The molecule has 1 N–H and O–H groups in total. The van der Waals surface area contributed by atoms with Gasteiger partial charge in [-0.25, -0.2) is 4.39 Å². The third-order valence-electron chi connectivity index (χ3n) is 2.43. The Morgan fingerprint density at radius 3 is 2.82 bits per heavy atom. The lowest BCUT2D eigenvalue weighted by Gasteiger charge is -2.10. The number of fused-ring (bicyclic) bond motifs is 1. The van der Waals surface area contributed by atoms with E-state index >= 15 is 0 Å². The number of hydrogen-bond donors (Lipinski definition) is 1. The summed E-state index contributed by atoms with van der Waals surface area (Å²) in [6, 6.07) is 6.30. The van der Waals surface area contributed by atoms with Crippen molar-refractivity contribution in [3.05, 3.63) is 35.8 Å². The van der Waals surface area contributed by atoms with Gasteiger partial charge in [0.15, 0.2) is 11.4 Å². The number of ether oxygens (including phenoxy) is 1. The maximum Gasteiger partial charge on any atom is 0.170 e. The standard InChI is InChI=1S/C13H15FO3/c1-8(2)16-7-11(15)12-6-9-4-3-5-10(14)13(9)17-12/h3-6,8,11,15H,7H2,1-2H3. The van der Waals surface area contributed by atoms with E-state index in [1.807, 2.05) is 13.8 Å². The largest absolute Gasteiger partial charge is 0.455 e. The van der Waals surface area contributed by atoms with Gasteiger partial charge in [0.25, 0.3) is 0 Å². The highest BCUT2D eigenvalue weighted by Crippen LogP contribution is 2.26. The van der Waals surface area contributed by atoms with Crippen LogP contribution < -0.4 is 0 Å². The number of furan rings is 1. The van der Waals surface area contributed by atoms with Crippen molar-refractivity contribution in [1.82, 2.24) is 0 Å². The molecule has 1 aromatic heterocycles. The lowest BCUT2D eigenvalue weighted by atomic mass is 10.2. The average Bonchev–Trinajstić information content (AvgIpc) is 2.71. The lowest BCUT2D eigenvalue weighted by molar-refractivity contribution is -0.00293. The van der Waals surface area contributed by atoms with Crippen LogP contribution in [0.5, 0.6) is 0 Å². The Labute approximate surface area is 98.8 Å². The molecule has 2 aromatic rings. The fourth-order valence-electron chi connectivity index (χ4n) is 1.58. The van der Waals surface area contributed by atoms with E-state index in [9.17, 15) is 9.50 Å². The average molecular weight is 238 g/mol. The van der Waals surface area contributed by atoms with E-state index in [1.54, 1.807) is 18.2 Å². The zero-order valence-electron chi connectivity index (χ0n) is 9.81.